The van der Waals surface area contributed by atoms with Gasteiger partial charge in [0.05, 0.1) is 5.69 Å². The van der Waals surface area contributed by atoms with Crippen molar-refractivity contribution in [3.8, 4) is 0 Å². The molecule has 0 fully saturated rings. The average molecular weight is 342 g/mol. The van der Waals surface area contributed by atoms with Crippen LogP contribution in [0, 0.1) is 0 Å². The van der Waals surface area contributed by atoms with E-state index < -0.39 is 0 Å². The van der Waals surface area contributed by atoms with Gasteiger partial charge in [0.2, 0.25) is 0 Å². The number of hydrogen-bond donors (Lipinski definition) is 0. The van der Waals surface area contributed by atoms with Gasteiger partial charge in [0, 0.05) is 29.0 Å². The fourth-order valence-corrected chi connectivity index (χ4v) is 3.11. The van der Waals surface area contributed by atoms with E-state index >= 15 is 0 Å². The van der Waals surface area contributed by atoms with Crippen LogP contribution in [0.3, 0.4) is 0 Å². The standard InChI is InChI=1S/C15H18BrClN2/c1-3-12-9-13(19(2)18-12)8-11(10-16)14-6-4-5-7-15(14)17/h4-7,9,11H,3,8,10H2,1-2H3. The van der Waals surface area contributed by atoms with Crippen molar-refractivity contribution in [2.45, 2.75) is 25.7 Å². The lowest BCUT2D eigenvalue weighted by molar-refractivity contribution is 0.658. The molecule has 1 atom stereocenters. The Morgan fingerprint density at radius 2 is 2.11 bits per heavy atom. The molecule has 0 aliphatic rings. The van der Waals surface area contributed by atoms with Crippen molar-refractivity contribution in [1.29, 1.82) is 0 Å². The summed E-state index contributed by atoms with van der Waals surface area (Å²) >= 11 is 9.90. The van der Waals surface area contributed by atoms with Crippen LogP contribution in [0.2, 0.25) is 5.02 Å². The first-order chi connectivity index (χ1) is 9.15. The molecule has 19 heavy (non-hydrogen) atoms. The van der Waals surface area contributed by atoms with E-state index in [1.54, 1.807) is 0 Å². The zero-order chi connectivity index (χ0) is 13.8. The monoisotopic (exact) mass is 340 g/mol. The van der Waals surface area contributed by atoms with E-state index in [9.17, 15) is 0 Å². The molecule has 0 amide bonds. The molecule has 4 heteroatoms. The molecular weight excluding hydrogens is 324 g/mol. The Hall–Kier alpha value is -0.800. The van der Waals surface area contributed by atoms with Crippen LogP contribution in [0.25, 0.3) is 0 Å². The molecule has 0 aliphatic heterocycles. The van der Waals surface area contributed by atoms with E-state index in [0.717, 1.165) is 28.9 Å². The van der Waals surface area contributed by atoms with E-state index in [1.165, 1.54) is 11.3 Å². The lowest BCUT2D eigenvalue weighted by Crippen LogP contribution is -2.08. The summed E-state index contributed by atoms with van der Waals surface area (Å²) in [6.07, 6.45) is 1.91. The van der Waals surface area contributed by atoms with Crippen LogP contribution < -0.4 is 0 Å². The first-order valence-electron chi connectivity index (χ1n) is 6.47. The van der Waals surface area contributed by atoms with Crippen molar-refractivity contribution in [1.82, 2.24) is 9.78 Å². The van der Waals surface area contributed by atoms with Crippen molar-refractivity contribution < 1.29 is 0 Å². The molecule has 0 spiro atoms. The molecule has 1 unspecified atom stereocenters. The van der Waals surface area contributed by atoms with Gasteiger partial charge < -0.3 is 0 Å². The minimum Gasteiger partial charge on any atom is -0.272 e. The normalized spacial score (nSPS) is 12.6. The number of alkyl halides is 1. The van der Waals surface area contributed by atoms with E-state index in [1.807, 2.05) is 29.9 Å². The predicted molar refractivity (Wildman–Crippen MR) is 84.3 cm³/mol. The van der Waals surface area contributed by atoms with Gasteiger partial charge in [-0.05, 0) is 30.5 Å². The van der Waals surface area contributed by atoms with Crippen LogP contribution in [0.15, 0.2) is 30.3 Å². The maximum absolute atomic E-state index is 6.29. The molecule has 2 nitrogen and oxygen atoms in total. The number of rotatable bonds is 5. The fourth-order valence-electron chi connectivity index (χ4n) is 2.24. The Labute approximate surface area is 127 Å². The Morgan fingerprint density at radius 1 is 1.37 bits per heavy atom. The predicted octanol–water partition coefficient (Wildman–Crippen LogP) is 4.36. The van der Waals surface area contributed by atoms with E-state index in [2.05, 4.69) is 40.1 Å². The largest absolute Gasteiger partial charge is 0.272 e. The lowest BCUT2D eigenvalue weighted by atomic mass is 9.96. The maximum Gasteiger partial charge on any atom is 0.0624 e. The Bertz CT molecular complexity index is 551. The Morgan fingerprint density at radius 3 is 2.68 bits per heavy atom. The van der Waals surface area contributed by atoms with E-state index in [0.29, 0.717) is 5.92 Å². The van der Waals surface area contributed by atoms with Gasteiger partial charge in [-0.3, -0.25) is 4.68 Å². The summed E-state index contributed by atoms with van der Waals surface area (Å²) in [5.41, 5.74) is 3.59. The van der Waals surface area contributed by atoms with Crippen LogP contribution in [-0.4, -0.2) is 15.1 Å². The second-order valence-electron chi connectivity index (χ2n) is 4.68. The van der Waals surface area contributed by atoms with Crippen LogP contribution in [0.4, 0.5) is 0 Å². The first-order valence-corrected chi connectivity index (χ1v) is 7.97. The number of nitrogens with zero attached hydrogens (tertiary/aromatic N) is 2. The van der Waals surface area contributed by atoms with Gasteiger partial charge in [0.25, 0.3) is 0 Å². The van der Waals surface area contributed by atoms with E-state index in [4.69, 9.17) is 11.6 Å². The van der Waals surface area contributed by atoms with Gasteiger partial charge in [0.1, 0.15) is 0 Å². The fraction of sp³-hybridized carbons (Fsp3) is 0.400. The number of benzene rings is 1. The van der Waals surface area contributed by atoms with Crippen molar-refractivity contribution in [3.05, 3.63) is 52.3 Å². The van der Waals surface area contributed by atoms with Gasteiger partial charge in [-0.15, -0.1) is 0 Å². The zero-order valence-electron chi connectivity index (χ0n) is 11.2. The topological polar surface area (TPSA) is 17.8 Å². The van der Waals surface area contributed by atoms with Crippen molar-refractivity contribution in [2.75, 3.05) is 5.33 Å². The van der Waals surface area contributed by atoms with Crippen LogP contribution in [0.5, 0.6) is 0 Å². The highest BCUT2D eigenvalue weighted by atomic mass is 79.9. The molecule has 102 valence electrons. The maximum atomic E-state index is 6.29. The quantitative estimate of drug-likeness (QED) is 0.739. The highest BCUT2D eigenvalue weighted by Crippen LogP contribution is 2.29. The molecule has 0 N–H and O–H groups in total. The molecule has 0 aliphatic carbocycles. The highest BCUT2D eigenvalue weighted by molar-refractivity contribution is 9.09. The summed E-state index contributed by atoms with van der Waals surface area (Å²) in [7, 11) is 2.01. The molecular formula is C15H18BrClN2. The summed E-state index contributed by atoms with van der Waals surface area (Å²) in [5, 5.41) is 6.23. The SMILES string of the molecule is CCc1cc(CC(CBr)c2ccccc2Cl)n(C)n1. The third kappa shape index (κ3) is 3.40. The van der Waals surface area contributed by atoms with Crippen molar-refractivity contribution in [2.24, 2.45) is 7.05 Å². The number of halogens is 2. The second-order valence-corrected chi connectivity index (χ2v) is 5.74. The van der Waals surface area contributed by atoms with Gasteiger partial charge >= 0.3 is 0 Å². The minimum atomic E-state index is 0.369. The molecule has 1 aromatic carbocycles. The van der Waals surface area contributed by atoms with Crippen LogP contribution in [-0.2, 0) is 19.9 Å². The molecule has 0 saturated carbocycles. The van der Waals surface area contributed by atoms with Gasteiger partial charge in [-0.2, -0.15) is 5.10 Å². The molecule has 2 rings (SSSR count). The van der Waals surface area contributed by atoms with Gasteiger partial charge in [0.15, 0.2) is 0 Å². The highest BCUT2D eigenvalue weighted by Gasteiger charge is 2.16. The molecule has 0 saturated heterocycles. The smallest absolute Gasteiger partial charge is 0.0624 e. The average Bonchev–Trinajstić information content (AvgIpc) is 2.77. The minimum absolute atomic E-state index is 0.369. The summed E-state index contributed by atoms with van der Waals surface area (Å²) in [6.45, 7) is 2.13. The van der Waals surface area contributed by atoms with E-state index in [-0.39, 0.29) is 0 Å². The third-order valence-electron chi connectivity index (χ3n) is 3.38. The van der Waals surface area contributed by atoms with Crippen molar-refractivity contribution >= 4 is 27.5 Å². The molecule has 0 radical (unpaired) electrons. The Balaban J connectivity index is 2.24. The summed E-state index contributed by atoms with van der Waals surface area (Å²) in [4.78, 5) is 0. The summed E-state index contributed by atoms with van der Waals surface area (Å²) in [5.74, 6) is 0.369. The molecule has 1 heterocycles. The summed E-state index contributed by atoms with van der Waals surface area (Å²) < 4.78 is 1.98. The number of aromatic nitrogens is 2. The number of hydrogen-bond acceptors (Lipinski definition) is 1. The van der Waals surface area contributed by atoms with Crippen LogP contribution in [0.1, 0.15) is 29.8 Å². The molecule has 2 aromatic rings. The second kappa shape index (κ2) is 6.58. The van der Waals surface area contributed by atoms with Crippen LogP contribution >= 0.6 is 27.5 Å². The zero-order valence-corrected chi connectivity index (χ0v) is 13.6. The van der Waals surface area contributed by atoms with Crippen molar-refractivity contribution in [3.63, 3.8) is 0 Å². The molecule has 0 bridgehead atoms. The first kappa shape index (κ1) is 14.6. The lowest BCUT2D eigenvalue weighted by Gasteiger charge is -2.16. The van der Waals surface area contributed by atoms with Gasteiger partial charge in [-0.25, -0.2) is 0 Å². The summed E-state index contributed by atoms with van der Waals surface area (Å²) in [6, 6.07) is 10.2. The van der Waals surface area contributed by atoms with Gasteiger partial charge in [-0.1, -0.05) is 52.7 Å². The number of aryl methyl sites for hydroxylation is 2. The third-order valence-corrected chi connectivity index (χ3v) is 4.50. The molecule has 1 aromatic heterocycles. The Kier molecular flexibility index (Phi) is 5.06.